The predicted molar refractivity (Wildman–Crippen MR) is 77.7 cm³/mol. The maximum Gasteiger partial charge on any atom is 0.217 e. The fraction of sp³-hybridized carbons (Fsp3) is 0.533. The molecule has 5 heteroatoms. The summed E-state index contributed by atoms with van der Waals surface area (Å²) >= 11 is 0. The maximum absolute atomic E-state index is 11.1. The molecule has 0 spiro atoms. The van der Waals surface area contributed by atoms with Gasteiger partial charge >= 0.3 is 0 Å². The molecule has 0 aliphatic heterocycles. The second-order valence-corrected chi connectivity index (χ2v) is 4.55. The Morgan fingerprint density at radius 2 is 1.85 bits per heavy atom. The van der Waals surface area contributed by atoms with E-state index < -0.39 is 0 Å². The number of methoxy groups -OCH3 is 2. The smallest absolute Gasteiger partial charge is 0.217 e. The van der Waals surface area contributed by atoms with Gasteiger partial charge in [-0.2, -0.15) is 0 Å². The van der Waals surface area contributed by atoms with Crippen LogP contribution < -0.4 is 19.5 Å². The Balaban J connectivity index is 3.02. The molecule has 1 rings (SSSR count). The molecule has 20 heavy (non-hydrogen) atoms. The number of benzene rings is 1. The van der Waals surface area contributed by atoms with Gasteiger partial charge in [-0.25, -0.2) is 0 Å². The lowest BCUT2D eigenvalue weighted by atomic mass is 10.0. The highest BCUT2D eigenvalue weighted by Crippen LogP contribution is 2.35. The van der Waals surface area contributed by atoms with Crippen LogP contribution in [0.4, 0.5) is 0 Å². The van der Waals surface area contributed by atoms with Gasteiger partial charge in [0.1, 0.15) is 5.75 Å². The number of amides is 1. The minimum Gasteiger partial charge on any atom is -0.496 e. The summed E-state index contributed by atoms with van der Waals surface area (Å²) in [6.45, 7) is 5.93. The Hall–Kier alpha value is -1.91. The van der Waals surface area contributed by atoms with Gasteiger partial charge in [0, 0.05) is 24.6 Å². The molecular formula is C15H23NO4. The summed E-state index contributed by atoms with van der Waals surface area (Å²) < 4.78 is 16.2. The van der Waals surface area contributed by atoms with E-state index in [4.69, 9.17) is 14.2 Å². The van der Waals surface area contributed by atoms with Gasteiger partial charge in [-0.15, -0.1) is 0 Å². The molecule has 0 saturated carbocycles. The third-order valence-corrected chi connectivity index (χ3v) is 2.84. The van der Waals surface area contributed by atoms with Gasteiger partial charge in [-0.1, -0.05) is 0 Å². The van der Waals surface area contributed by atoms with Crippen LogP contribution in [0.3, 0.4) is 0 Å². The molecule has 0 aromatic heterocycles. The average Bonchev–Trinajstić information content (AvgIpc) is 2.39. The van der Waals surface area contributed by atoms with E-state index in [0.29, 0.717) is 24.5 Å². The Labute approximate surface area is 120 Å². The van der Waals surface area contributed by atoms with Crippen LogP contribution >= 0.6 is 0 Å². The number of nitrogens with one attached hydrogen (secondary N) is 1. The summed E-state index contributed by atoms with van der Waals surface area (Å²) in [5.74, 6) is 2.00. The molecular weight excluding hydrogens is 258 g/mol. The van der Waals surface area contributed by atoms with Gasteiger partial charge < -0.3 is 19.5 Å². The van der Waals surface area contributed by atoms with E-state index in [1.54, 1.807) is 14.2 Å². The quantitative estimate of drug-likeness (QED) is 0.832. The molecule has 1 unspecified atom stereocenters. The van der Waals surface area contributed by atoms with Crippen LogP contribution in [-0.4, -0.2) is 32.8 Å². The number of carbonyl (C=O) groups excluding carboxylic acids is 1. The van der Waals surface area contributed by atoms with Crippen molar-refractivity contribution in [1.82, 2.24) is 5.32 Å². The first-order valence-corrected chi connectivity index (χ1v) is 6.66. The van der Waals surface area contributed by atoms with Crippen molar-refractivity contribution in [3.8, 4) is 17.2 Å². The van der Waals surface area contributed by atoms with E-state index in [-0.39, 0.29) is 11.9 Å². The molecule has 1 aromatic rings. The zero-order valence-electron chi connectivity index (χ0n) is 12.8. The van der Waals surface area contributed by atoms with Gasteiger partial charge in [0.25, 0.3) is 0 Å². The zero-order valence-corrected chi connectivity index (χ0v) is 12.8. The van der Waals surface area contributed by atoms with Crippen LogP contribution in [0.2, 0.25) is 0 Å². The first kappa shape index (κ1) is 16.1. The van der Waals surface area contributed by atoms with E-state index in [1.807, 2.05) is 26.0 Å². The fourth-order valence-corrected chi connectivity index (χ4v) is 2.09. The number of carbonyl (C=O) groups is 1. The molecule has 0 aliphatic rings. The van der Waals surface area contributed by atoms with E-state index in [9.17, 15) is 4.79 Å². The van der Waals surface area contributed by atoms with Crippen LogP contribution in [0.25, 0.3) is 0 Å². The third-order valence-electron chi connectivity index (χ3n) is 2.84. The van der Waals surface area contributed by atoms with Crippen molar-refractivity contribution in [2.24, 2.45) is 0 Å². The molecule has 1 atom stereocenters. The molecule has 1 amide bonds. The number of ether oxygens (including phenoxy) is 3. The first-order valence-electron chi connectivity index (χ1n) is 6.66. The molecule has 0 radical (unpaired) electrons. The van der Waals surface area contributed by atoms with Crippen molar-refractivity contribution in [3.05, 3.63) is 17.7 Å². The van der Waals surface area contributed by atoms with E-state index >= 15 is 0 Å². The lowest BCUT2D eigenvalue weighted by Gasteiger charge is -2.18. The van der Waals surface area contributed by atoms with Crippen LogP contribution in [-0.2, 0) is 11.2 Å². The van der Waals surface area contributed by atoms with Crippen molar-refractivity contribution >= 4 is 5.91 Å². The fourth-order valence-electron chi connectivity index (χ4n) is 2.09. The molecule has 1 N–H and O–H groups in total. The molecule has 0 heterocycles. The third kappa shape index (κ3) is 4.33. The molecule has 5 nitrogen and oxygen atoms in total. The minimum absolute atomic E-state index is 0.0176. The summed E-state index contributed by atoms with van der Waals surface area (Å²) in [7, 11) is 3.22. The van der Waals surface area contributed by atoms with Gasteiger partial charge in [0.2, 0.25) is 5.91 Å². The minimum atomic E-state index is -0.0469. The summed E-state index contributed by atoms with van der Waals surface area (Å²) in [5, 5.41) is 2.85. The lowest BCUT2D eigenvalue weighted by molar-refractivity contribution is -0.119. The summed E-state index contributed by atoms with van der Waals surface area (Å²) in [4.78, 5) is 11.1. The van der Waals surface area contributed by atoms with Crippen molar-refractivity contribution in [1.29, 1.82) is 0 Å². The average molecular weight is 281 g/mol. The monoisotopic (exact) mass is 281 g/mol. The van der Waals surface area contributed by atoms with E-state index in [0.717, 1.165) is 11.3 Å². The van der Waals surface area contributed by atoms with Crippen LogP contribution in [0.15, 0.2) is 12.1 Å². The zero-order chi connectivity index (χ0) is 15.1. The summed E-state index contributed by atoms with van der Waals surface area (Å²) in [6.07, 6.45) is 0.658. The Morgan fingerprint density at radius 3 is 2.35 bits per heavy atom. The number of rotatable bonds is 7. The van der Waals surface area contributed by atoms with Crippen LogP contribution in [0.1, 0.15) is 26.3 Å². The standard InChI is InChI=1S/C15H23NO4/c1-6-20-15-9-13(18-4)12(8-14(15)19-5)7-10(2)16-11(3)17/h8-10H,6-7H2,1-5H3,(H,16,17). The summed E-state index contributed by atoms with van der Waals surface area (Å²) in [5.41, 5.74) is 0.967. The van der Waals surface area contributed by atoms with Gasteiger partial charge in [-0.3, -0.25) is 4.79 Å². The van der Waals surface area contributed by atoms with Gasteiger partial charge in [0.05, 0.1) is 20.8 Å². The van der Waals surface area contributed by atoms with Crippen molar-refractivity contribution in [3.63, 3.8) is 0 Å². The second kappa shape index (κ2) is 7.62. The highest BCUT2D eigenvalue weighted by Gasteiger charge is 2.15. The topological polar surface area (TPSA) is 56.8 Å². The molecule has 0 aliphatic carbocycles. The Bertz CT molecular complexity index is 459. The normalized spacial score (nSPS) is 11.7. The van der Waals surface area contributed by atoms with Crippen molar-refractivity contribution in [2.45, 2.75) is 33.2 Å². The molecule has 1 aromatic carbocycles. The summed E-state index contributed by atoms with van der Waals surface area (Å²) in [6, 6.07) is 3.73. The largest absolute Gasteiger partial charge is 0.496 e. The Kier molecular flexibility index (Phi) is 6.15. The molecule has 0 fully saturated rings. The SMILES string of the molecule is CCOc1cc(OC)c(CC(C)NC(C)=O)cc1OC. The van der Waals surface area contributed by atoms with Crippen molar-refractivity contribution in [2.75, 3.05) is 20.8 Å². The number of hydrogen-bond acceptors (Lipinski definition) is 4. The molecule has 0 bridgehead atoms. The second-order valence-electron chi connectivity index (χ2n) is 4.55. The first-order chi connectivity index (χ1) is 9.51. The maximum atomic E-state index is 11.1. The van der Waals surface area contributed by atoms with Gasteiger partial charge in [-0.05, 0) is 26.3 Å². The molecule has 0 saturated heterocycles. The highest BCUT2D eigenvalue weighted by atomic mass is 16.5. The predicted octanol–water partition coefficient (Wildman–Crippen LogP) is 2.17. The van der Waals surface area contributed by atoms with E-state index in [1.165, 1.54) is 6.92 Å². The number of hydrogen-bond donors (Lipinski definition) is 1. The van der Waals surface area contributed by atoms with Crippen molar-refractivity contribution < 1.29 is 19.0 Å². The van der Waals surface area contributed by atoms with Crippen LogP contribution in [0.5, 0.6) is 17.2 Å². The Morgan fingerprint density at radius 1 is 1.20 bits per heavy atom. The highest BCUT2D eigenvalue weighted by molar-refractivity contribution is 5.73. The van der Waals surface area contributed by atoms with E-state index in [2.05, 4.69) is 5.32 Å². The van der Waals surface area contributed by atoms with Crippen LogP contribution in [0, 0.1) is 0 Å². The molecule has 112 valence electrons. The van der Waals surface area contributed by atoms with Gasteiger partial charge in [0.15, 0.2) is 11.5 Å². The lowest BCUT2D eigenvalue weighted by Crippen LogP contribution is -2.32.